The van der Waals surface area contributed by atoms with E-state index < -0.39 is 22.0 Å². The van der Waals surface area contributed by atoms with Crippen molar-refractivity contribution < 1.29 is 28.1 Å². The largest absolute Gasteiger partial charge is 0.480 e. The van der Waals surface area contributed by atoms with Crippen molar-refractivity contribution in [1.29, 1.82) is 0 Å². The zero-order chi connectivity index (χ0) is 26.1. The lowest BCUT2D eigenvalue weighted by molar-refractivity contribution is -0.206. The fraction of sp³-hybridized carbons (Fsp3) is 0.308. The molecule has 0 aliphatic carbocycles. The van der Waals surface area contributed by atoms with Crippen molar-refractivity contribution >= 4 is 21.8 Å². The average Bonchev–Trinajstić information content (AvgIpc) is 2.81. The van der Waals surface area contributed by atoms with E-state index in [1.54, 1.807) is 56.4 Å². The van der Waals surface area contributed by atoms with Crippen LogP contribution in [0.15, 0.2) is 65.7 Å². The third kappa shape index (κ3) is 7.77. The van der Waals surface area contributed by atoms with Gasteiger partial charge in [-0.2, -0.15) is 9.61 Å². The molecule has 1 aromatic heterocycles. The van der Waals surface area contributed by atoms with Gasteiger partial charge in [-0.25, -0.2) is 13.4 Å². The summed E-state index contributed by atoms with van der Waals surface area (Å²) < 4.78 is 28.3. The van der Waals surface area contributed by atoms with Gasteiger partial charge in [0.15, 0.2) is 5.75 Å². The Hall–Kier alpha value is -3.47. The van der Waals surface area contributed by atoms with Crippen LogP contribution in [-0.2, 0) is 26.1 Å². The highest BCUT2D eigenvalue weighted by atomic mass is 32.2. The van der Waals surface area contributed by atoms with Gasteiger partial charge in [0.2, 0.25) is 10.0 Å². The van der Waals surface area contributed by atoms with E-state index in [9.17, 15) is 18.3 Å². The second kappa shape index (κ2) is 12.5. The maximum absolute atomic E-state index is 13.0. The predicted octanol–water partition coefficient (Wildman–Crippen LogP) is 3.79. The van der Waals surface area contributed by atoms with Crippen molar-refractivity contribution in [1.82, 2.24) is 9.71 Å². The number of carbonyl (C=O) groups is 1. The molecular formula is C26H31N3O6S. The molecule has 0 fully saturated rings. The molecule has 0 aliphatic rings. The number of aliphatic carboxylic acids is 1. The first-order valence-electron chi connectivity index (χ1n) is 11.5. The van der Waals surface area contributed by atoms with E-state index in [1.807, 2.05) is 25.1 Å². The standard InChI is InChI=1S/C26H31N3O6S/c1-18-15-19(2)25(20(3)16-18)36(32,33)29-23(26(30)31)17-21-8-10-22(11-9-21)35-34-14-6-13-28-24-7-4-5-12-27-24/h4-5,7-12,15-16,23,29H,6,13-14,17H2,1-3H3,(H,27,28)(H,30,31)/t23-/m0/s1. The number of anilines is 1. The van der Waals surface area contributed by atoms with E-state index in [1.165, 1.54) is 0 Å². The number of aryl methyl sites for hydroxylation is 3. The highest BCUT2D eigenvalue weighted by Crippen LogP contribution is 2.22. The van der Waals surface area contributed by atoms with Gasteiger partial charge in [-0.1, -0.05) is 35.9 Å². The molecule has 0 saturated heterocycles. The summed E-state index contributed by atoms with van der Waals surface area (Å²) in [6.07, 6.45) is 2.39. The Morgan fingerprint density at radius 2 is 1.75 bits per heavy atom. The van der Waals surface area contributed by atoms with Crippen LogP contribution in [0.5, 0.6) is 5.75 Å². The summed E-state index contributed by atoms with van der Waals surface area (Å²) in [5.74, 6) is -0.0149. The van der Waals surface area contributed by atoms with Gasteiger partial charge in [0.25, 0.3) is 0 Å². The van der Waals surface area contributed by atoms with Gasteiger partial charge in [0.05, 0.1) is 11.5 Å². The smallest absolute Gasteiger partial charge is 0.322 e. The minimum Gasteiger partial charge on any atom is -0.480 e. The molecule has 9 nitrogen and oxygen atoms in total. The molecule has 0 amide bonds. The molecule has 3 aromatic rings. The van der Waals surface area contributed by atoms with Crippen LogP contribution in [0.2, 0.25) is 0 Å². The Kier molecular flexibility index (Phi) is 9.40. The molecule has 10 heteroatoms. The van der Waals surface area contributed by atoms with E-state index >= 15 is 0 Å². The highest BCUT2D eigenvalue weighted by molar-refractivity contribution is 7.89. The van der Waals surface area contributed by atoms with Crippen LogP contribution in [-0.4, -0.2) is 43.7 Å². The maximum atomic E-state index is 13.0. The molecule has 0 aliphatic heterocycles. The number of carboxylic acids is 1. The molecule has 1 atom stereocenters. The SMILES string of the molecule is Cc1cc(C)c(S(=O)(=O)N[C@@H](Cc2ccc(OOCCCNc3ccccn3)cc2)C(=O)O)c(C)c1. The van der Waals surface area contributed by atoms with Crippen LogP contribution in [0.3, 0.4) is 0 Å². The molecule has 0 radical (unpaired) electrons. The highest BCUT2D eigenvalue weighted by Gasteiger charge is 2.28. The molecule has 0 saturated carbocycles. The van der Waals surface area contributed by atoms with Crippen LogP contribution in [0, 0.1) is 20.8 Å². The Labute approximate surface area is 211 Å². The molecule has 192 valence electrons. The van der Waals surface area contributed by atoms with Crippen LogP contribution in [0.1, 0.15) is 28.7 Å². The summed E-state index contributed by atoms with van der Waals surface area (Å²) in [4.78, 5) is 26.6. The zero-order valence-electron chi connectivity index (χ0n) is 20.5. The van der Waals surface area contributed by atoms with Crippen LogP contribution < -0.4 is 14.9 Å². The number of hydrogen-bond acceptors (Lipinski definition) is 7. The van der Waals surface area contributed by atoms with Crippen molar-refractivity contribution in [2.24, 2.45) is 0 Å². The predicted molar refractivity (Wildman–Crippen MR) is 136 cm³/mol. The summed E-state index contributed by atoms with van der Waals surface area (Å²) in [6.45, 7) is 6.31. The second-order valence-electron chi connectivity index (χ2n) is 8.49. The number of rotatable bonds is 13. The van der Waals surface area contributed by atoms with E-state index in [-0.39, 0.29) is 11.3 Å². The lowest BCUT2D eigenvalue weighted by Crippen LogP contribution is -2.42. The summed E-state index contributed by atoms with van der Waals surface area (Å²) >= 11 is 0. The normalized spacial score (nSPS) is 12.2. The second-order valence-corrected chi connectivity index (χ2v) is 10.1. The lowest BCUT2D eigenvalue weighted by Gasteiger charge is -2.18. The minimum absolute atomic E-state index is 0.0289. The number of aromatic nitrogens is 1. The van der Waals surface area contributed by atoms with E-state index in [0.29, 0.717) is 42.0 Å². The van der Waals surface area contributed by atoms with Crippen LogP contribution in [0.25, 0.3) is 0 Å². The Balaban J connectivity index is 1.51. The Morgan fingerprint density at radius 3 is 2.36 bits per heavy atom. The van der Waals surface area contributed by atoms with Gasteiger partial charge in [0.1, 0.15) is 11.9 Å². The molecule has 2 aromatic carbocycles. The first kappa shape index (κ1) is 27.1. The summed E-state index contributed by atoms with van der Waals surface area (Å²) in [6, 6.07) is 14.4. The number of sulfonamides is 1. The van der Waals surface area contributed by atoms with Gasteiger partial charge in [-0.3, -0.25) is 4.79 Å². The van der Waals surface area contributed by atoms with E-state index in [4.69, 9.17) is 9.78 Å². The Bertz CT molecular complexity index is 1240. The van der Waals surface area contributed by atoms with Crippen molar-refractivity contribution in [3.05, 3.63) is 83.0 Å². The van der Waals surface area contributed by atoms with Crippen molar-refractivity contribution in [2.45, 2.75) is 44.6 Å². The number of nitrogens with one attached hydrogen (secondary N) is 2. The molecule has 36 heavy (non-hydrogen) atoms. The molecule has 0 bridgehead atoms. The maximum Gasteiger partial charge on any atom is 0.322 e. The summed E-state index contributed by atoms with van der Waals surface area (Å²) in [5, 5.41) is 12.8. The van der Waals surface area contributed by atoms with E-state index in [2.05, 4.69) is 15.0 Å². The van der Waals surface area contributed by atoms with Crippen molar-refractivity contribution in [2.75, 3.05) is 18.5 Å². The topological polar surface area (TPSA) is 127 Å². The molecular weight excluding hydrogens is 482 g/mol. The Morgan fingerprint density at radius 1 is 1.06 bits per heavy atom. The number of carboxylic acid groups (broad SMARTS) is 1. The molecule has 0 spiro atoms. The fourth-order valence-corrected chi connectivity index (χ4v) is 5.50. The van der Waals surface area contributed by atoms with Crippen LogP contribution >= 0.6 is 0 Å². The average molecular weight is 514 g/mol. The van der Waals surface area contributed by atoms with Crippen molar-refractivity contribution in [3.63, 3.8) is 0 Å². The summed E-state index contributed by atoms with van der Waals surface area (Å²) in [5.41, 5.74) is 2.71. The third-order valence-corrected chi connectivity index (χ3v) is 7.14. The van der Waals surface area contributed by atoms with Gasteiger partial charge >= 0.3 is 5.97 Å². The lowest BCUT2D eigenvalue weighted by atomic mass is 10.1. The number of benzene rings is 2. The first-order valence-corrected chi connectivity index (χ1v) is 13.0. The van der Waals surface area contributed by atoms with Gasteiger partial charge in [0, 0.05) is 12.7 Å². The molecule has 3 N–H and O–H groups in total. The fourth-order valence-electron chi connectivity index (χ4n) is 3.86. The molecule has 1 heterocycles. The minimum atomic E-state index is -4.03. The molecule has 3 rings (SSSR count). The monoisotopic (exact) mass is 513 g/mol. The third-order valence-electron chi connectivity index (χ3n) is 5.36. The number of pyridine rings is 1. The first-order chi connectivity index (χ1) is 17.2. The van der Waals surface area contributed by atoms with Gasteiger partial charge in [-0.05, 0) is 74.6 Å². The number of nitrogens with zero attached hydrogens (tertiary/aromatic N) is 1. The van der Waals surface area contributed by atoms with Crippen LogP contribution in [0.4, 0.5) is 5.82 Å². The van der Waals surface area contributed by atoms with Gasteiger partial charge < -0.3 is 15.3 Å². The summed E-state index contributed by atoms with van der Waals surface area (Å²) in [7, 11) is -4.03. The number of hydrogen-bond donors (Lipinski definition) is 3. The van der Waals surface area contributed by atoms with Crippen molar-refractivity contribution in [3.8, 4) is 5.75 Å². The van der Waals surface area contributed by atoms with E-state index in [0.717, 1.165) is 11.4 Å². The zero-order valence-corrected chi connectivity index (χ0v) is 21.3. The quantitative estimate of drug-likeness (QED) is 0.179. The van der Waals surface area contributed by atoms with Gasteiger partial charge in [-0.15, -0.1) is 0 Å². The molecule has 0 unspecified atom stereocenters.